The van der Waals surface area contributed by atoms with E-state index in [0.29, 0.717) is 21.4 Å². The first kappa shape index (κ1) is 26.5. The second-order valence-corrected chi connectivity index (χ2v) is 11.3. The van der Waals surface area contributed by atoms with Crippen LogP contribution in [0.4, 0.5) is 5.13 Å². The molecule has 41 heavy (non-hydrogen) atoms. The molecule has 5 aromatic rings. The van der Waals surface area contributed by atoms with Crippen LogP contribution in [0.5, 0.6) is 5.75 Å². The molecule has 2 aromatic heterocycles. The Bertz CT molecular complexity index is 1790. The molecular formula is C31H23N3O5S2. The van der Waals surface area contributed by atoms with Gasteiger partial charge in [-0.05, 0) is 46.2 Å². The number of aliphatic hydroxyl groups excluding tert-OH is 1. The van der Waals surface area contributed by atoms with E-state index in [2.05, 4.69) is 41.0 Å². The number of thioether (sulfide) groups is 1. The van der Waals surface area contributed by atoms with Crippen LogP contribution in [0.25, 0.3) is 10.8 Å². The quantitative estimate of drug-likeness (QED) is 0.0820. The van der Waals surface area contributed by atoms with Gasteiger partial charge in [-0.1, -0.05) is 90.4 Å². The van der Waals surface area contributed by atoms with Gasteiger partial charge >= 0.3 is 0 Å². The van der Waals surface area contributed by atoms with Gasteiger partial charge < -0.3 is 14.3 Å². The van der Waals surface area contributed by atoms with Crippen LogP contribution < -0.4 is 9.64 Å². The summed E-state index contributed by atoms with van der Waals surface area (Å²) in [7, 11) is 0. The molecule has 0 aliphatic carbocycles. The molecule has 204 valence electrons. The smallest absolute Gasteiger partial charge is 0.296 e. The van der Waals surface area contributed by atoms with Crippen LogP contribution in [0.3, 0.4) is 0 Å². The summed E-state index contributed by atoms with van der Waals surface area (Å²) in [6.07, 6.45) is 2.98. The lowest BCUT2D eigenvalue weighted by Gasteiger charge is -2.24. The number of furan rings is 1. The minimum Gasteiger partial charge on any atom is -0.503 e. The number of carbonyl (C=O) groups excluding carboxylic acids is 2. The van der Waals surface area contributed by atoms with Gasteiger partial charge in [0.15, 0.2) is 15.9 Å². The van der Waals surface area contributed by atoms with E-state index in [1.165, 1.54) is 40.3 Å². The van der Waals surface area contributed by atoms with E-state index in [1.807, 2.05) is 18.2 Å². The summed E-state index contributed by atoms with van der Waals surface area (Å²) < 4.78 is 11.7. The molecule has 0 radical (unpaired) electrons. The third-order valence-electron chi connectivity index (χ3n) is 6.57. The molecule has 3 aromatic carbocycles. The maximum Gasteiger partial charge on any atom is 0.296 e. The highest BCUT2D eigenvalue weighted by atomic mass is 32.2. The number of hydrogen-bond donors (Lipinski definition) is 1. The van der Waals surface area contributed by atoms with E-state index < -0.39 is 23.5 Å². The van der Waals surface area contributed by atoms with Crippen LogP contribution in [0.2, 0.25) is 0 Å². The topological polar surface area (TPSA) is 106 Å². The van der Waals surface area contributed by atoms with Crippen LogP contribution in [0, 0.1) is 0 Å². The number of ether oxygens (including phenoxy) is 1. The lowest BCUT2D eigenvalue weighted by Crippen LogP contribution is -2.31. The molecule has 6 rings (SSSR count). The van der Waals surface area contributed by atoms with Crippen molar-refractivity contribution in [3.63, 3.8) is 0 Å². The van der Waals surface area contributed by atoms with Crippen molar-refractivity contribution in [1.29, 1.82) is 0 Å². The standard InChI is InChI=1S/C31H23N3O5S2/c1-2-15-38-22-12-6-10-20(17-22)26-25(27(35)24-14-7-16-39-24)28(36)29(37)34(26)30-32-33-31(41-30)40-18-21-11-5-9-19-8-3-4-13-23(19)21/h2-14,16-17,26,36H,1,15,18H2. The summed E-state index contributed by atoms with van der Waals surface area (Å²) in [6, 6.07) is 23.4. The van der Waals surface area contributed by atoms with Gasteiger partial charge in [-0.2, -0.15) is 0 Å². The predicted molar refractivity (Wildman–Crippen MR) is 158 cm³/mol. The SMILES string of the molecule is C=CCOc1cccc(C2C(C(=O)c3ccco3)=C(O)C(=O)N2c2nnc(SCc3cccc4ccccc34)s2)c1. The number of ketones is 1. The molecule has 1 aliphatic rings. The second-order valence-electron chi connectivity index (χ2n) is 9.10. The Morgan fingerprint density at radius 1 is 1.10 bits per heavy atom. The highest BCUT2D eigenvalue weighted by Crippen LogP contribution is 2.44. The number of amides is 1. The van der Waals surface area contributed by atoms with Crippen LogP contribution in [-0.4, -0.2) is 33.6 Å². The number of aliphatic hydroxyl groups is 1. The number of fused-ring (bicyclic) bond motifs is 1. The number of hydrogen-bond acceptors (Lipinski definition) is 9. The highest BCUT2D eigenvalue weighted by Gasteiger charge is 2.46. The van der Waals surface area contributed by atoms with Crippen LogP contribution in [0.15, 0.2) is 118 Å². The molecule has 0 fully saturated rings. The van der Waals surface area contributed by atoms with E-state index in [4.69, 9.17) is 9.15 Å². The Hall–Kier alpha value is -4.67. The number of benzene rings is 3. The number of Topliss-reactive ketones (excluding diaryl/α,β-unsaturated/α-hetero) is 1. The van der Waals surface area contributed by atoms with E-state index in [9.17, 15) is 14.7 Å². The normalized spacial score (nSPS) is 15.1. The molecule has 10 heteroatoms. The lowest BCUT2D eigenvalue weighted by molar-refractivity contribution is -0.117. The molecule has 8 nitrogen and oxygen atoms in total. The van der Waals surface area contributed by atoms with Gasteiger partial charge in [-0.25, -0.2) is 0 Å². The zero-order valence-electron chi connectivity index (χ0n) is 21.6. The Kier molecular flexibility index (Phi) is 7.41. The van der Waals surface area contributed by atoms with Crippen LogP contribution >= 0.6 is 23.1 Å². The Labute approximate surface area is 243 Å². The van der Waals surface area contributed by atoms with Crippen molar-refractivity contribution in [3.8, 4) is 5.75 Å². The maximum atomic E-state index is 13.5. The van der Waals surface area contributed by atoms with Gasteiger partial charge in [0.1, 0.15) is 12.4 Å². The largest absolute Gasteiger partial charge is 0.503 e. The molecule has 1 unspecified atom stereocenters. The van der Waals surface area contributed by atoms with Crippen molar-refractivity contribution >= 4 is 50.7 Å². The number of nitrogens with zero attached hydrogens (tertiary/aromatic N) is 3. The molecule has 1 aliphatic heterocycles. The zero-order chi connectivity index (χ0) is 28.3. The monoisotopic (exact) mass is 581 g/mol. The van der Waals surface area contributed by atoms with E-state index in [1.54, 1.807) is 36.4 Å². The Balaban J connectivity index is 1.34. The van der Waals surface area contributed by atoms with Gasteiger partial charge in [0.2, 0.25) is 10.9 Å². The van der Waals surface area contributed by atoms with E-state index in [-0.39, 0.29) is 23.1 Å². The van der Waals surface area contributed by atoms with Crippen LogP contribution in [-0.2, 0) is 10.5 Å². The fourth-order valence-corrected chi connectivity index (χ4v) is 6.61. The van der Waals surface area contributed by atoms with E-state index in [0.717, 1.165) is 16.3 Å². The van der Waals surface area contributed by atoms with Gasteiger partial charge in [0, 0.05) is 5.75 Å². The number of anilines is 1. The number of rotatable bonds is 10. The maximum absolute atomic E-state index is 13.5. The molecule has 1 N–H and O–H groups in total. The minimum absolute atomic E-state index is 0.00820. The molecule has 3 heterocycles. The zero-order valence-corrected chi connectivity index (χ0v) is 23.2. The average molecular weight is 582 g/mol. The van der Waals surface area contributed by atoms with E-state index >= 15 is 0 Å². The highest BCUT2D eigenvalue weighted by molar-refractivity contribution is 8.00. The van der Waals surface area contributed by atoms with Crippen molar-refractivity contribution < 1.29 is 23.8 Å². The molecule has 0 saturated heterocycles. The Morgan fingerprint density at radius 3 is 2.76 bits per heavy atom. The summed E-state index contributed by atoms with van der Waals surface area (Å²) >= 11 is 2.72. The van der Waals surface area contributed by atoms with Gasteiger partial charge in [-0.15, -0.1) is 10.2 Å². The first-order valence-electron chi connectivity index (χ1n) is 12.7. The van der Waals surface area contributed by atoms with Crippen molar-refractivity contribution in [2.45, 2.75) is 16.1 Å². The first-order chi connectivity index (χ1) is 20.0. The summed E-state index contributed by atoms with van der Waals surface area (Å²) in [5, 5.41) is 22.2. The average Bonchev–Trinajstić information content (AvgIpc) is 3.76. The second kappa shape index (κ2) is 11.4. The molecular weight excluding hydrogens is 558 g/mol. The fraction of sp³-hybridized carbons (Fsp3) is 0.0968. The number of aromatic nitrogens is 2. The fourth-order valence-electron chi connectivity index (χ4n) is 4.74. The molecule has 0 bridgehead atoms. The van der Waals surface area contributed by atoms with Gasteiger partial charge in [0.05, 0.1) is 17.9 Å². The lowest BCUT2D eigenvalue weighted by atomic mass is 9.95. The van der Waals surface area contributed by atoms with Gasteiger partial charge in [-0.3, -0.25) is 14.5 Å². The molecule has 1 atom stereocenters. The molecule has 1 amide bonds. The Morgan fingerprint density at radius 2 is 1.93 bits per heavy atom. The van der Waals surface area contributed by atoms with Gasteiger partial charge in [0.25, 0.3) is 5.91 Å². The van der Waals surface area contributed by atoms with Crippen molar-refractivity contribution in [2.75, 3.05) is 11.5 Å². The van der Waals surface area contributed by atoms with Crippen LogP contribution in [0.1, 0.15) is 27.7 Å². The third kappa shape index (κ3) is 5.15. The summed E-state index contributed by atoms with van der Waals surface area (Å²) in [4.78, 5) is 28.3. The first-order valence-corrected chi connectivity index (χ1v) is 14.5. The summed E-state index contributed by atoms with van der Waals surface area (Å²) in [6.45, 7) is 3.95. The third-order valence-corrected chi connectivity index (χ3v) is 8.68. The molecule has 0 saturated carbocycles. The summed E-state index contributed by atoms with van der Waals surface area (Å²) in [5.41, 5.74) is 1.60. The number of carbonyl (C=O) groups is 2. The summed E-state index contributed by atoms with van der Waals surface area (Å²) in [5.74, 6) is -0.816. The van der Waals surface area contributed by atoms with Crippen molar-refractivity contribution in [2.24, 2.45) is 0 Å². The molecule has 0 spiro atoms. The van der Waals surface area contributed by atoms with Crippen molar-refractivity contribution in [1.82, 2.24) is 10.2 Å². The predicted octanol–water partition coefficient (Wildman–Crippen LogP) is 6.92. The minimum atomic E-state index is -0.976. The van der Waals surface area contributed by atoms with Crippen molar-refractivity contribution in [3.05, 3.63) is 126 Å².